The lowest BCUT2D eigenvalue weighted by Gasteiger charge is -2.25. The molecule has 0 radical (unpaired) electrons. The zero-order chi connectivity index (χ0) is 13.1. The fourth-order valence-electron chi connectivity index (χ4n) is 2.65. The fraction of sp³-hybridized carbons (Fsp3) is 0.571. The molecule has 0 spiro atoms. The number of hydrogen-bond donors (Lipinski definition) is 1. The molecule has 0 aromatic heterocycles. The molecule has 19 heavy (non-hydrogen) atoms. The monoisotopic (exact) mass is 322 g/mol. The maximum atomic E-state index is 6.08. The topological polar surface area (TPSA) is 15.3 Å². The highest BCUT2D eigenvalue weighted by Crippen LogP contribution is 2.31. The average Bonchev–Trinajstić information content (AvgIpc) is 2.81. The van der Waals surface area contributed by atoms with Crippen LogP contribution in [0.15, 0.2) is 18.2 Å². The third kappa shape index (κ3) is 4.24. The smallest absolute Gasteiger partial charge is 0.0595 e. The van der Waals surface area contributed by atoms with Crippen LogP contribution >= 0.6 is 35.6 Å². The molecule has 0 bridgehead atoms. The third-order valence-corrected chi connectivity index (χ3v) is 4.52. The summed E-state index contributed by atoms with van der Waals surface area (Å²) in [7, 11) is 2.02. The van der Waals surface area contributed by atoms with Crippen LogP contribution in [0, 0.1) is 5.92 Å². The molecular formula is C14H21Cl3N2. The maximum absolute atomic E-state index is 6.08. The first-order valence-electron chi connectivity index (χ1n) is 6.45. The molecule has 2 unspecified atom stereocenters. The molecule has 1 aromatic carbocycles. The number of hydrogen-bond acceptors (Lipinski definition) is 2. The average molecular weight is 324 g/mol. The van der Waals surface area contributed by atoms with Crippen LogP contribution in [0.4, 0.5) is 0 Å². The molecule has 1 aromatic rings. The molecule has 1 aliphatic heterocycles. The number of rotatable bonds is 4. The van der Waals surface area contributed by atoms with Gasteiger partial charge < -0.3 is 5.32 Å². The van der Waals surface area contributed by atoms with Crippen molar-refractivity contribution in [1.29, 1.82) is 0 Å². The molecule has 0 amide bonds. The Morgan fingerprint density at radius 3 is 2.74 bits per heavy atom. The van der Waals surface area contributed by atoms with Gasteiger partial charge in [0.05, 0.1) is 10.0 Å². The van der Waals surface area contributed by atoms with Crippen molar-refractivity contribution in [3.05, 3.63) is 33.8 Å². The summed E-state index contributed by atoms with van der Waals surface area (Å²) in [5.74, 6) is 0.764. The zero-order valence-corrected chi connectivity index (χ0v) is 13.7. The Kier molecular flexibility index (Phi) is 6.92. The van der Waals surface area contributed by atoms with E-state index in [-0.39, 0.29) is 12.4 Å². The molecule has 2 rings (SSSR count). The Morgan fingerprint density at radius 1 is 1.37 bits per heavy atom. The van der Waals surface area contributed by atoms with Crippen molar-refractivity contribution in [2.24, 2.45) is 5.92 Å². The van der Waals surface area contributed by atoms with Gasteiger partial charge in [-0.3, -0.25) is 4.90 Å². The minimum absolute atomic E-state index is 0. The van der Waals surface area contributed by atoms with Gasteiger partial charge in [0.25, 0.3) is 0 Å². The van der Waals surface area contributed by atoms with E-state index in [0.717, 1.165) is 25.6 Å². The molecule has 1 N–H and O–H groups in total. The van der Waals surface area contributed by atoms with Crippen LogP contribution in [-0.4, -0.2) is 31.6 Å². The van der Waals surface area contributed by atoms with Crippen LogP contribution in [0.2, 0.25) is 10.0 Å². The lowest BCUT2D eigenvalue weighted by molar-refractivity contribution is 0.252. The van der Waals surface area contributed by atoms with Gasteiger partial charge >= 0.3 is 0 Å². The van der Waals surface area contributed by atoms with Crippen LogP contribution in [0.1, 0.15) is 24.9 Å². The van der Waals surface area contributed by atoms with Gasteiger partial charge in [0, 0.05) is 12.6 Å². The van der Waals surface area contributed by atoms with Crippen molar-refractivity contribution >= 4 is 35.6 Å². The number of benzene rings is 1. The van der Waals surface area contributed by atoms with Gasteiger partial charge in [0.15, 0.2) is 0 Å². The molecule has 1 aliphatic rings. The summed E-state index contributed by atoms with van der Waals surface area (Å²) in [6.45, 7) is 5.65. The van der Waals surface area contributed by atoms with Gasteiger partial charge in [0.1, 0.15) is 0 Å². The van der Waals surface area contributed by atoms with Crippen molar-refractivity contribution in [2.45, 2.75) is 19.4 Å². The van der Waals surface area contributed by atoms with Crippen molar-refractivity contribution in [2.75, 3.05) is 26.7 Å². The van der Waals surface area contributed by atoms with E-state index in [9.17, 15) is 0 Å². The molecule has 2 atom stereocenters. The number of halogens is 3. The predicted molar refractivity (Wildman–Crippen MR) is 85.7 cm³/mol. The third-order valence-electron chi connectivity index (χ3n) is 3.78. The molecule has 108 valence electrons. The first-order chi connectivity index (χ1) is 8.61. The Bertz CT molecular complexity index is 412. The highest BCUT2D eigenvalue weighted by Gasteiger charge is 2.26. The van der Waals surface area contributed by atoms with E-state index in [4.69, 9.17) is 23.2 Å². The first-order valence-corrected chi connectivity index (χ1v) is 7.21. The van der Waals surface area contributed by atoms with Crippen molar-refractivity contribution < 1.29 is 0 Å². The molecule has 1 saturated heterocycles. The van der Waals surface area contributed by atoms with Gasteiger partial charge in [0.2, 0.25) is 0 Å². The molecule has 5 heteroatoms. The molecule has 0 aliphatic carbocycles. The molecular weight excluding hydrogens is 303 g/mol. The van der Waals surface area contributed by atoms with Crippen LogP contribution in [0.25, 0.3) is 0 Å². The summed E-state index contributed by atoms with van der Waals surface area (Å²) in [6.07, 6.45) is 1.27. The van der Waals surface area contributed by atoms with Gasteiger partial charge in [-0.05, 0) is 57.1 Å². The maximum Gasteiger partial charge on any atom is 0.0595 e. The summed E-state index contributed by atoms with van der Waals surface area (Å²) in [4.78, 5) is 2.52. The Hall–Kier alpha value is 0.01000. The minimum atomic E-state index is 0. The minimum Gasteiger partial charge on any atom is -0.319 e. The fourth-order valence-corrected chi connectivity index (χ4v) is 2.96. The SMILES string of the molecule is CNCC1CCN(C(C)c2ccc(Cl)c(Cl)c2)C1.Cl. The molecule has 1 fully saturated rings. The van der Waals surface area contributed by atoms with E-state index < -0.39 is 0 Å². The zero-order valence-electron chi connectivity index (χ0n) is 11.3. The normalized spacial score (nSPS) is 21.2. The Morgan fingerprint density at radius 2 is 2.11 bits per heavy atom. The lowest BCUT2D eigenvalue weighted by Crippen LogP contribution is -2.27. The Balaban J connectivity index is 0.00000180. The second kappa shape index (κ2) is 7.70. The van der Waals surface area contributed by atoms with Crippen molar-refractivity contribution in [3.63, 3.8) is 0 Å². The van der Waals surface area contributed by atoms with Crippen molar-refractivity contribution in [3.8, 4) is 0 Å². The largest absolute Gasteiger partial charge is 0.319 e. The van der Waals surface area contributed by atoms with Gasteiger partial charge in [-0.15, -0.1) is 12.4 Å². The number of likely N-dealkylation sites (tertiary alicyclic amines) is 1. The van der Waals surface area contributed by atoms with Crippen LogP contribution < -0.4 is 5.32 Å². The summed E-state index contributed by atoms with van der Waals surface area (Å²) in [6, 6.07) is 6.35. The summed E-state index contributed by atoms with van der Waals surface area (Å²) < 4.78 is 0. The highest BCUT2D eigenvalue weighted by molar-refractivity contribution is 6.42. The number of nitrogens with zero attached hydrogens (tertiary/aromatic N) is 1. The summed E-state index contributed by atoms with van der Waals surface area (Å²) >= 11 is 12.0. The molecule has 1 heterocycles. The van der Waals surface area contributed by atoms with Gasteiger partial charge in [-0.1, -0.05) is 29.3 Å². The quantitative estimate of drug-likeness (QED) is 0.900. The standard InChI is InChI=1S/C14H20Cl2N2.ClH/c1-10(12-3-4-13(15)14(16)7-12)18-6-5-11(9-18)8-17-2;/h3-4,7,10-11,17H,5-6,8-9H2,1-2H3;1H. The van der Waals surface area contributed by atoms with E-state index in [1.54, 1.807) is 0 Å². The Labute approximate surface area is 131 Å². The second-order valence-electron chi connectivity index (χ2n) is 5.06. The van der Waals surface area contributed by atoms with Crippen LogP contribution in [0.5, 0.6) is 0 Å². The lowest BCUT2D eigenvalue weighted by atomic mass is 10.1. The molecule has 0 saturated carbocycles. The predicted octanol–water partition coefficient (Wildman–Crippen LogP) is 4.02. The second-order valence-corrected chi connectivity index (χ2v) is 5.87. The van der Waals surface area contributed by atoms with E-state index in [1.807, 2.05) is 19.2 Å². The highest BCUT2D eigenvalue weighted by atomic mass is 35.5. The first kappa shape index (κ1) is 17.1. The van der Waals surface area contributed by atoms with Crippen molar-refractivity contribution in [1.82, 2.24) is 10.2 Å². The van der Waals surface area contributed by atoms with E-state index in [1.165, 1.54) is 12.0 Å². The summed E-state index contributed by atoms with van der Waals surface area (Å²) in [5, 5.41) is 4.53. The van der Waals surface area contributed by atoms with Gasteiger partial charge in [-0.25, -0.2) is 0 Å². The summed E-state index contributed by atoms with van der Waals surface area (Å²) in [5.41, 5.74) is 1.24. The van der Waals surface area contributed by atoms with E-state index in [0.29, 0.717) is 16.1 Å². The van der Waals surface area contributed by atoms with Crippen LogP contribution in [0.3, 0.4) is 0 Å². The van der Waals surface area contributed by atoms with E-state index >= 15 is 0 Å². The molecule has 2 nitrogen and oxygen atoms in total. The van der Waals surface area contributed by atoms with Gasteiger partial charge in [-0.2, -0.15) is 0 Å². The van der Waals surface area contributed by atoms with E-state index in [2.05, 4.69) is 23.2 Å². The number of nitrogens with one attached hydrogen (secondary N) is 1. The van der Waals surface area contributed by atoms with Crippen LogP contribution in [-0.2, 0) is 0 Å².